The van der Waals surface area contributed by atoms with E-state index in [9.17, 15) is 0 Å². The normalized spacial score (nSPS) is 10.8. The van der Waals surface area contributed by atoms with Crippen molar-refractivity contribution in [2.75, 3.05) is 32.9 Å². The standard InChI is InChI=1S/C14H27N3O2/c1-3-9-17-13-14(12-16-17)19-11-8-15-7-5-6-10-18-4-2/h12-13,15H,3-11H2,1-2H3. The molecule has 1 N–H and O–H groups in total. The summed E-state index contributed by atoms with van der Waals surface area (Å²) < 4.78 is 12.8. The summed E-state index contributed by atoms with van der Waals surface area (Å²) in [6.45, 7) is 9.36. The molecule has 0 saturated carbocycles. The van der Waals surface area contributed by atoms with E-state index in [-0.39, 0.29) is 0 Å². The molecule has 0 unspecified atom stereocenters. The van der Waals surface area contributed by atoms with Gasteiger partial charge in [0, 0.05) is 26.3 Å². The smallest absolute Gasteiger partial charge is 0.157 e. The molecule has 1 aromatic heterocycles. The Morgan fingerprint density at radius 1 is 1.21 bits per heavy atom. The van der Waals surface area contributed by atoms with Crippen molar-refractivity contribution in [2.24, 2.45) is 0 Å². The van der Waals surface area contributed by atoms with Crippen molar-refractivity contribution in [2.45, 2.75) is 39.7 Å². The summed E-state index contributed by atoms with van der Waals surface area (Å²) in [5, 5.41) is 7.58. The van der Waals surface area contributed by atoms with Crippen LogP contribution in [0.25, 0.3) is 0 Å². The number of aryl methyl sites for hydroxylation is 1. The lowest BCUT2D eigenvalue weighted by Gasteiger charge is -2.06. The van der Waals surface area contributed by atoms with E-state index < -0.39 is 0 Å². The molecular formula is C14H27N3O2. The van der Waals surface area contributed by atoms with E-state index >= 15 is 0 Å². The van der Waals surface area contributed by atoms with E-state index in [1.807, 2.05) is 17.8 Å². The maximum atomic E-state index is 5.61. The lowest BCUT2D eigenvalue weighted by molar-refractivity contribution is 0.143. The van der Waals surface area contributed by atoms with Crippen molar-refractivity contribution in [1.82, 2.24) is 15.1 Å². The maximum absolute atomic E-state index is 5.61. The van der Waals surface area contributed by atoms with Gasteiger partial charge in [0.15, 0.2) is 5.75 Å². The summed E-state index contributed by atoms with van der Waals surface area (Å²) in [5.41, 5.74) is 0. The molecule has 19 heavy (non-hydrogen) atoms. The lowest BCUT2D eigenvalue weighted by atomic mass is 10.3. The Morgan fingerprint density at radius 3 is 2.89 bits per heavy atom. The zero-order valence-corrected chi connectivity index (χ0v) is 12.2. The molecule has 0 amide bonds. The molecule has 0 spiro atoms. The molecular weight excluding hydrogens is 242 g/mol. The highest BCUT2D eigenvalue weighted by Crippen LogP contribution is 2.07. The average Bonchev–Trinajstić information content (AvgIpc) is 2.85. The van der Waals surface area contributed by atoms with Crippen LogP contribution in [0.5, 0.6) is 5.75 Å². The summed E-state index contributed by atoms with van der Waals surface area (Å²) >= 11 is 0. The minimum absolute atomic E-state index is 0.684. The molecule has 110 valence electrons. The molecule has 1 heterocycles. The van der Waals surface area contributed by atoms with Crippen LogP contribution in [0.4, 0.5) is 0 Å². The molecule has 1 aromatic rings. The van der Waals surface area contributed by atoms with Crippen molar-refractivity contribution < 1.29 is 9.47 Å². The number of hydrogen-bond donors (Lipinski definition) is 1. The number of nitrogens with one attached hydrogen (secondary N) is 1. The third kappa shape index (κ3) is 7.85. The fourth-order valence-electron chi connectivity index (χ4n) is 1.74. The SMILES string of the molecule is CCCn1cc(OCCNCCCCOCC)cn1. The summed E-state index contributed by atoms with van der Waals surface area (Å²) in [6.07, 6.45) is 7.08. The van der Waals surface area contributed by atoms with Crippen LogP contribution < -0.4 is 10.1 Å². The minimum atomic E-state index is 0.684. The van der Waals surface area contributed by atoms with Crippen LogP contribution in [-0.4, -0.2) is 42.7 Å². The number of rotatable bonds is 12. The maximum Gasteiger partial charge on any atom is 0.157 e. The first-order chi connectivity index (χ1) is 9.36. The first kappa shape index (κ1) is 16.0. The van der Waals surface area contributed by atoms with E-state index in [2.05, 4.69) is 17.3 Å². The van der Waals surface area contributed by atoms with Crippen LogP contribution in [0.2, 0.25) is 0 Å². The van der Waals surface area contributed by atoms with Gasteiger partial charge in [-0.2, -0.15) is 5.10 Å². The van der Waals surface area contributed by atoms with E-state index in [4.69, 9.17) is 9.47 Å². The zero-order valence-electron chi connectivity index (χ0n) is 12.2. The van der Waals surface area contributed by atoms with Crippen LogP contribution in [0, 0.1) is 0 Å². The third-order valence-electron chi connectivity index (χ3n) is 2.71. The fourth-order valence-corrected chi connectivity index (χ4v) is 1.74. The van der Waals surface area contributed by atoms with Crippen LogP contribution in [0.1, 0.15) is 33.1 Å². The Morgan fingerprint density at radius 2 is 2.11 bits per heavy atom. The second-order valence-electron chi connectivity index (χ2n) is 4.44. The van der Waals surface area contributed by atoms with Gasteiger partial charge in [-0.3, -0.25) is 4.68 Å². The average molecular weight is 269 g/mol. The molecule has 5 nitrogen and oxygen atoms in total. The van der Waals surface area contributed by atoms with Gasteiger partial charge in [-0.25, -0.2) is 0 Å². The van der Waals surface area contributed by atoms with Gasteiger partial charge in [0.2, 0.25) is 0 Å². The van der Waals surface area contributed by atoms with Gasteiger partial charge in [0.05, 0.1) is 12.4 Å². The highest BCUT2D eigenvalue weighted by atomic mass is 16.5. The third-order valence-corrected chi connectivity index (χ3v) is 2.71. The van der Waals surface area contributed by atoms with E-state index in [1.54, 1.807) is 6.20 Å². The highest BCUT2D eigenvalue weighted by molar-refractivity contribution is 5.11. The second-order valence-corrected chi connectivity index (χ2v) is 4.44. The van der Waals surface area contributed by atoms with Gasteiger partial charge in [0.1, 0.15) is 6.61 Å². The summed E-state index contributed by atoms with van der Waals surface area (Å²) in [4.78, 5) is 0. The lowest BCUT2D eigenvalue weighted by Crippen LogP contribution is -2.22. The Balaban J connectivity index is 1.92. The summed E-state index contributed by atoms with van der Waals surface area (Å²) in [7, 11) is 0. The fraction of sp³-hybridized carbons (Fsp3) is 0.786. The molecule has 1 rings (SSSR count). The minimum Gasteiger partial charge on any atom is -0.489 e. The van der Waals surface area contributed by atoms with Gasteiger partial charge in [-0.1, -0.05) is 6.92 Å². The number of unbranched alkanes of at least 4 members (excludes halogenated alkanes) is 1. The summed E-state index contributed by atoms with van der Waals surface area (Å²) in [5.74, 6) is 0.853. The molecule has 0 aliphatic carbocycles. The molecule has 0 bridgehead atoms. The molecule has 0 aliphatic rings. The molecule has 0 fully saturated rings. The van der Waals surface area contributed by atoms with E-state index in [0.29, 0.717) is 6.61 Å². The Labute approximate surface area is 116 Å². The Hall–Kier alpha value is -1.07. The van der Waals surface area contributed by atoms with Gasteiger partial charge in [0.25, 0.3) is 0 Å². The van der Waals surface area contributed by atoms with Crippen LogP contribution in [0.15, 0.2) is 12.4 Å². The predicted molar refractivity (Wildman–Crippen MR) is 76.6 cm³/mol. The first-order valence-electron chi connectivity index (χ1n) is 7.30. The van der Waals surface area contributed by atoms with Gasteiger partial charge in [-0.15, -0.1) is 0 Å². The number of hydrogen-bond acceptors (Lipinski definition) is 4. The largest absolute Gasteiger partial charge is 0.489 e. The Bertz CT molecular complexity index is 315. The van der Waals surface area contributed by atoms with Crippen molar-refractivity contribution in [3.8, 4) is 5.75 Å². The molecule has 0 aromatic carbocycles. The van der Waals surface area contributed by atoms with E-state index in [1.165, 1.54) is 0 Å². The molecule has 0 saturated heterocycles. The molecule has 0 radical (unpaired) electrons. The van der Waals surface area contributed by atoms with E-state index in [0.717, 1.165) is 57.9 Å². The van der Waals surface area contributed by atoms with Gasteiger partial charge < -0.3 is 14.8 Å². The molecule has 5 heteroatoms. The van der Waals surface area contributed by atoms with Crippen LogP contribution in [0.3, 0.4) is 0 Å². The van der Waals surface area contributed by atoms with Crippen molar-refractivity contribution >= 4 is 0 Å². The second kappa shape index (κ2) is 10.8. The summed E-state index contributed by atoms with van der Waals surface area (Å²) in [6, 6.07) is 0. The van der Waals surface area contributed by atoms with Crippen molar-refractivity contribution in [3.05, 3.63) is 12.4 Å². The first-order valence-corrected chi connectivity index (χ1v) is 7.30. The van der Waals surface area contributed by atoms with Crippen LogP contribution in [-0.2, 0) is 11.3 Å². The monoisotopic (exact) mass is 269 g/mol. The predicted octanol–water partition coefficient (Wildman–Crippen LogP) is 2.08. The molecule has 0 aliphatic heterocycles. The van der Waals surface area contributed by atoms with Gasteiger partial charge >= 0.3 is 0 Å². The topological polar surface area (TPSA) is 48.3 Å². The molecule has 0 atom stereocenters. The zero-order chi connectivity index (χ0) is 13.8. The number of ether oxygens (including phenoxy) is 2. The number of nitrogens with zero attached hydrogens (tertiary/aromatic N) is 2. The van der Waals surface area contributed by atoms with Crippen LogP contribution >= 0.6 is 0 Å². The van der Waals surface area contributed by atoms with Crippen molar-refractivity contribution in [1.29, 1.82) is 0 Å². The Kier molecular flexibility index (Phi) is 9.10. The highest BCUT2D eigenvalue weighted by Gasteiger charge is 1.98. The van der Waals surface area contributed by atoms with Crippen molar-refractivity contribution in [3.63, 3.8) is 0 Å². The van der Waals surface area contributed by atoms with Gasteiger partial charge in [-0.05, 0) is 32.7 Å². The number of aromatic nitrogens is 2. The quantitative estimate of drug-likeness (QED) is 0.590.